The lowest BCUT2D eigenvalue weighted by Gasteiger charge is -2.10. The van der Waals surface area contributed by atoms with Crippen LogP contribution in [0.25, 0.3) is 16.3 Å². The average Bonchev–Trinajstić information content (AvgIpc) is 2.39. The molecule has 2 aromatic carbocycles. The molecule has 0 amide bonds. The second-order valence-electron chi connectivity index (χ2n) is 4.41. The van der Waals surface area contributed by atoms with E-state index in [9.17, 15) is 0 Å². The monoisotopic (exact) mass is 254 g/mol. The lowest BCUT2D eigenvalue weighted by atomic mass is 9.96. The Kier molecular flexibility index (Phi) is 4.37. The van der Waals surface area contributed by atoms with Gasteiger partial charge in [0.2, 0.25) is 0 Å². The molecule has 1 heteroatoms. The standard InChI is InChI=1S/C17H19P/c1-4-7-13(2)16-11-6-9-14-8-5-10-15(12-18-3)17(14)16/h4-6,8-11,18H,12H2,1-3H3. The topological polar surface area (TPSA) is 0 Å². The maximum atomic E-state index is 3.32. The predicted molar refractivity (Wildman–Crippen MR) is 84.7 cm³/mol. The third-order valence-corrected chi connectivity index (χ3v) is 3.86. The van der Waals surface area contributed by atoms with Gasteiger partial charge in [-0.15, -0.1) is 14.3 Å². The molecule has 0 fully saturated rings. The number of benzene rings is 2. The minimum atomic E-state index is 0.952. The van der Waals surface area contributed by atoms with Crippen LogP contribution in [0.1, 0.15) is 25.0 Å². The highest BCUT2D eigenvalue weighted by molar-refractivity contribution is 7.36. The first kappa shape index (κ1) is 13.1. The number of hydrogen-bond donors (Lipinski definition) is 0. The van der Waals surface area contributed by atoms with Crippen molar-refractivity contribution in [1.29, 1.82) is 0 Å². The normalized spacial score (nSPS) is 10.8. The lowest BCUT2D eigenvalue weighted by Crippen LogP contribution is -1.88. The van der Waals surface area contributed by atoms with Crippen LogP contribution in [0.5, 0.6) is 0 Å². The van der Waals surface area contributed by atoms with Crippen molar-refractivity contribution < 1.29 is 0 Å². The maximum Gasteiger partial charge on any atom is -0.00161 e. The van der Waals surface area contributed by atoms with Crippen LogP contribution in [0.3, 0.4) is 0 Å². The van der Waals surface area contributed by atoms with Crippen molar-refractivity contribution in [3.8, 4) is 0 Å². The molecule has 2 aromatic rings. The molecule has 0 aliphatic heterocycles. The second kappa shape index (κ2) is 6.01. The van der Waals surface area contributed by atoms with Crippen LogP contribution in [0.4, 0.5) is 0 Å². The summed E-state index contributed by atoms with van der Waals surface area (Å²) in [6, 6.07) is 13.2. The largest absolute Gasteiger partial charge is 0.122 e. The highest BCUT2D eigenvalue weighted by Crippen LogP contribution is 2.30. The molecule has 2 rings (SSSR count). The molecule has 0 bridgehead atoms. The minimum Gasteiger partial charge on any atom is -0.122 e. The Hall–Kier alpha value is -1.35. The van der Waals surface area contributed by atoms with E-state index in [2.05, 4.69) is 55.7 Å². The van der Waals surface area contributed by atoms with Crippen LogP contribution in [-0.2, 0) is 6.16 Å². The Labute approximate surface area is 111 Å². The molecule has 1 unspecified atom stereocenters. The number of fused-ring (bicyclic) bond motifs is 1. The van der Waals surface area contributed by atoms with Crippen LogP contribution >= 0.6 is 8.58 Å². The van der Waals surface area contributed by atoms with Crippen LogP contribution in [0.15, 0.2) is 48.2 Å². The van der Waals surface area contributed by atoms with E-state index in [1.165, 1.54) is 27.5 Å². The van der Waals surface area contributed by atoms with Gasteiger partial charge in [0.05, 0.1) is 0 Å². The Balaban J connectivity index is 2.77. The van der Waals surface area contributed by atoms with E-state index in [4.69, 9.17) is 0 Å². The first-order chi connectivity index (χ1) is 8.77. The van der Waals surface area contributed by atoms with Gasteiger partial charge < -0.3 is 0 Å². The quantitative estimate of drug-likeness (QED) is 0.520. The molecular weight excluding hydrogens is 235 g/mol. The molecular formula is C17H19P. The summed E-state index contributed by atoms with van der Waals surface area (Å²) in [5.74, 6) is 0. The smallest absolute Gasteiger partial charge is 0.00161 e. The van der Waals surface area contributed by atoms with Crippen LogP contribution in [0, 0.1) is 0 Å². The molecule has 0 aliphatic rings. The van der Waals surface area contributed by atoms with Crippen molar-refractivity contribution in [2.45, 2.75) is 20.0 Å². The summed E-state index contributed by atoms with van der Waals surface area (Å²) >= 11 is 0. The Morgan fingerprint density at radius 1 is 1.22 bits per heavy atom. The summed E-state index contributed by atoms with van der Waals surface area (Å²) < 4.78 is 0. The maximum absolute atomic E-state index is 3.32. The Bertz CT molecular complexity index is 611. The van der Waals surface area contributed by atoms with E-state index in [-0.39, 0.29) is 0 Å². The van der Waals surface area contributed by atoms with Crippen molar-refractivity contribution in [3.05, 3.63) is 59.3 Å². The third kappa shape index (κ3) is 2.56. The minimum absolute atomic E-state index is 0.952. The van der Waals surface area contributed by atoms with Gasteiger partial charge in [0, 0.05) is 0 Å². The van der Waals surface area contributed by atoms with Crippen LogP contribution in [0.2, 0.25) is 0 Å². The van der Waals surface area contributed by atoms with Gasteiger partial charge >= 0.3 is 0 Å². The van der Waals surface area contributed by atoms with E-state index in [1.807, 2.05) is 13.0 Å². The molecule has 92 valence electrons. The fourth-order valence-corrected chi connectivity index (χ4v) is 3.04. The Morgan fingerprint density at radius 2 is 1.94 bits per heavy atom. The zero-order valence-electron chi connectivity index (χ0n) is 11.2. The third-order valence-electron chi connectivity index (χ3n) is 3.12. The molecule has 0 nitrogen and oxygen atoms in total. The highest BCUT2D eigenvalue weighted by atomic mass is 31.1. The van der Waals surface area contributed by atoms with E-state index < -0.39 is 0 Å². The fourth-order valence-electron chi connectivity index (χ4n) is 2.36. The predicted octanol–water partition coefficient (Wildman–Crippen LogP) is 5.23. The van der Waals surface area contributed by atoms with E-state index in [0.29, 0.717) is 0 Å². The molecule has 0 saturated heterocycles. The average molecular weight is 254 g/mol. The fraction of sp³-hybridized carbons (Fsp3) is 0.235. The Morgan fingerprint density at radius 3 is 2.61 bits per heavy atom. The SMILES string of the molecule is CC=C=C(C)c1cccc2cccc(CPC)c12. The van der Waals surface area contributed by atoms with Gasteiger partial charge in [0.1, 0.15) is 0 Å². The number of allylic oxidation sites excluding steroid dienone is 1. The molecule has 0 aromatic heterocycles. The molecule has 18 heavy (non-hydrogen) atoms. The summed E-state index contributed by atoms with van der Waals surface area (Å²) in [6.45, 7) is 6.42. The van der Waals surface area contributed by atoms with Gasteiger partial charge in [-0.2, -0.15) is 0 Å². The van der Waals surface area contributed by atoms with Crippen molar-refractivity contribution in [2.24, 2.45) is 0 Å². The zero-order valence-corrected chi connectivity index (χ0v) is 12.2. The molecule has 0 saturated carbocycles. The van der Waals surface area contributed by atoms with Crippen LogP contribution < -0.4 is 0 Å². The summed E-state index contributed by atoms with van der Waals surface area (Å²) in [4.78, 5) is 0. The molecule has 1 atom stereocenters. The highest BCUT2D eigenvalue weighted by Gasteiger charge is 2.06. The van der Waals surface area contributed by atoms with Gasteiger partial charge in [0.15, 0.2) is 0 Å². The molecule has 0 spiro atoms. The van der Waals surface area contributed by atoms with Gasteiger partial charge in [-0.1, -0.05) is 36.4 Å². The van der Waals surface area contributed by atoms with Crippen molar-refractivity contribution >= 4 is 24.9 Å². The van der Waals surface area contributed by atoms with Crippen LogP contribution in [-0.4, -0.2) is 6.66 Å². The number of hydrogen-bond acceptors (Lipinski definition) is 0. The molecule has 0 aliphatic carbocycles. The van der Waals surface area contributed by atoms with E-state index in [0.717, 1.165) is 14.7 Å². The summed E-state index contributed by atoms with van der Waals surface area (Å²) in [7, 11) is 0.952. The van der Waals surface area contributed by atoms with Gasteiger partial charge in [-0.05, 0) is 60.2 Å². The lowest BCUT2D eigenvalue weighted by molar-refractivity contribution is 1.44. The molecule has 0 heterocycles. The first-order valence-electron chi connectivity index (χ1n) is 6.31. The summed E-state index contributed by atoms with van der Waals surface area (Å²) in [6.07, 6.45) is 3.15. The van der Waals surface area contributed by atoms with Gasteiger partial charge in [-0.25, -0.2) is 0 Å². The van der Waals surface area contributed by atoms with Crippen molar-refractivity contribution in [3.63, 3.8) is 0 Å². The number of rotatable bonds is 3. The van der Waals surface area contributed by atoms with E-state index >= 15 is 0 Å². The second-order valence-corrected chi connectivity index (χ2v) is 5.47. The van der Waals surface area contributed by atoms with Gasteiger partial charge in [-0.3, -0.25) is 0 Å². The molecule has 0 N–H and O–H groups in total. The summed E-state index contributed by atoms with van der Waals surface area (Å²) in [5.41, 5.74) is 7.31. The summed E-state index contributed by atoms with van der Waals surface area (Å²) in [5, 5.41) is 2.74. The van der Waals surface area contributed by atoms with Gasteiger partial charge in [0.25, 0.3) is 0 Å². The van der Waals surface area contributed by atoms with Crippen molar-refractivity contribution in [1.82, 2.24) is 0 Å². The molecule has 0 radical (unpaired) electrons. The zero-order chi connectivity index (χ0) is 13.0. The van der Waals surface area contributed by atoms with E-state index in [1.54, 1.807) is 0 Å². The van der Waals surface area contributed by atoms with Crippen molar-refractivity contribution in [2.75, 3.05) is 6.66 Å². The first-order valence-corrected chi connectivity index (χ1v) is 8.02.